The molecule has 25 heavy (non-hydrogen) atoms. The first-order valence-corrected chi connectivity index (χ1v) is 7.58. The lowest BCUT2D eigenvalue weighted by atomic mass is 10.1. The van der Waals surface area contributed by atoms with Gasteiger partial charge in [0.25, 0.3) is 0 Å². The minimum atomic E-state index is -4.35. The molecule has 2 aromatic heterocycles. The number of hydrogen-bond donors (Lipinski definition) is 0. The summed E-state index contributed by atoms with van der Waals surface area (Å²) in [5, 5.41) is 0.974. The molecule has 0 amide bonds. The van der Waals surface area contributed by atoms with Crippen LogP contribution in [0, 0.1) is 0 Å². The van der Waals surface area contributed by atoms with Crippen LogP contribution in [0.2, 0.25) is 0 Å². The van der Waals surface area contributed by atoms with Gasteiger partial charge in [-0.3, -0.25) is 9.55 Å². The molecule has 2 aromatic carbocycles. The Bertz CT molecular complexity index is 1030. The van der Waals surface area contributed by atoms with Crippen LogP contribution in [-0.4, -0.2) is 14.5 Å². The van der Waals surface area contributed by atoms with E-state index in [2.05, 4.69) is 9.97 Å². The summed E-state index contributed by atoms with van der Waals surface area (Å²) in [6, 6.07) is 14.7. The Morgan fingerprint density at radius 2 is 1.64 bits per heavy atom. The van der Waals surface area contributed by atoms with Crippen molar-refractivity contribution in [3.63, 3.8) is 0 Å². The van der Waals surface area contributed by atoms with Gasteiger partial charge in [-0.15, -0.1) is 0 Å². The maximum absolute atomic E-state index is 12.7. The Kier molecular flexibility index (Phi) is 3.53. The highest BCUT2D eigenvalue weighted by atomic mass is 19.4. The molecule has 124 valence electrons. The average molecular weight is 339 g/mol. The first kappa shape index (κ1) is 15.4. The summed E-state index contributed by atoms with van der Waals surface area (Å²) in [7, 11) is 0. The van der Waals surface area contributed by atoms with E-state index in [1.54, 1.807) is 23.2 Å². The van der Waals surface area contributed by atoms with E-state index in [1.807, 2.05) is 30.3 Å². The second-order valence-corrected chi connectivity index (χ2v) is 5.58. The average Bonchev–Trinajstić information content (AvgIpc) is 3.10. The Morgan fingerprint density at radius 3 is 2.40 bits per heavy atom. The largest absolute Gasteiger partial charge is 0.416 e. The third kappa shape index (κ3) is 2.87. The van der Waals surface area contributed by atoms with E-state index >= 15 is 0 Å². The molecule has 0 aliphatic rings. The first-order valence-electron chi connectivity index (χ1n) is 7.58. The number of fused-ring (bicyclic) bond motifs is 1. The summed E-state index contributed by atoms with van der Waals surface area (Å²) in [6.07, 6.45) is 0.694. The van der Waals surface area contributed by atoms with Gasteiger partial charge in [0.15, 0.2) is 0 Å². The number of imidazole rings is 1. The molecule has 0 radical (unpaired) electrons. The van der Waals surface area contributed by atoms with Crippen LogP contribution in [0.15, 0.2) is 73.2 Å². The quantitative estimate of drug-likeness (QED) is 0.508. The third-order valence-corrected chi connectivity index (χ3v) is 3.96. The van der Waals surface area contributed by atoms with Crippen molar-refractivity contribution in [2.75, 3.05) is 0 Å². The number of rotatable bonds is 2. The maximum Gasteiger partial charge on any atom is 0.416 e. The van der Waals surface area contributed by atoms with Crippen LogP contribution in [0.25, 0.3) is 28.0 Å². The standard InChI is InChI=1S/C19H12F3N3/c20-19(21,22)15-5-7-16(8-6-15)25-10-9-23-18(25)14-11-13-3-1-2-4-17(13)24-12-14/h1-12H. The highest BCUT2D eigenvalue weighted by Gasteiger charge is 2.30. The molecule has 0 N–H and O–H groups in total. The van der Waals surface area contributed by atoms with Crippen LogP contribution in [-0.2, 0) is 6.18 Å². The van der Waals surface area contributed by atoms with Gasteiger partial charge in [0, 0.05) is 35.2 Å². The predicted octanol–water partition coefficient (Wildman–Crippen LogP) is 5.11. The molecule has 0 aliphatic carbocycles. The first-order chi connectivity index (χ1) is 12.0. The maximum atomic E-state index is 12.7. The Labute approximate surface area is 141 Å². The molecule has 0 unspecified atom stereocenters. The molecule has 0 bridgehead atoms. The van der Waals surface area contributed by atoms with Crippen molar-refractivity contribution >= 4 is 10.9 Å². The minimum Gasteiger partial charge on any atom is -0.300 e. The van der Waals surface area contributed by atoms with E-state index in [9.17, 15) is 13.2 Å². The summed E-state index contributed by atoms with van der Waals surface area (Å²) in [5.41, 5.74) is 1.60. The van der Waals surface area contributed by atoms with Crippen molar-refractivity contribution in [2.24, 2.45) is 0 Å². The van der Waals surface area contributed by atoms with Crippen molar-refractivity contribution < 1.29 is 13.2 Å². The monoisotopic (exact) mass is 339 g/mol. The van der Waals surface area contributed by atoms with E-state index in [1.165, 1.54) is 12.1 Å². The van der Waals surface area contributed by atoms with Crippen LogP contribution >= 0.6 is 0 Å². The van der Waals surface area contributed by atoms with Gasteiger partial charge in [0.1, 0.15) is 5.82 Å². The lowest BCUT2D eigenvalue weighted by Gasteiger charge is -2.11. The summed E-state index contributed by atoms with van der Waals surface area (Å²) < 4.78 is 39.9. The Balaban J connectivity index is 1.77. The van der Waals surface area contributed by atoms with E-state index in [-0.39, 0.29) is 0 Å². The van der Waals surface area contributed by atoms with Gasteiger partial charge in [-0.1, -0.05) is 18.2 Å². The number of benzene rings is 2. The molecule has 0 atom stereocenters. The molecule has 4 aromatic rings. The van der Waals surface area contributed by atoms with Gasteiger partial charge in [-0.05, 0) is 36.4 Å². The highest BCUT2D eigenvalue weighted by molar-refractivity contribution is 5.82. The lowest BCUT2D eigenvalue weighted by Crippen LogP contribution is -2.05. The summed E-state index contributed by atoms with van der Waals surface area (Å²) >= 11 is 0. The van der Waals surface area contributed by atoms with Gasteiger partial charge in [-0.25, -0.2) is 4.98 Å². The fourth-order valence-electron chi connectivity index (χ4n) is 2.73. The molecule has 0 saturated heterocycles. The van der Waals surface area contributed by atoms with Gasteiger partial charge >= 0.3 is 6.18 Å². The Hall–Kier alpha value is -3.15. The smallest absolute Gasteiger partial charge is 0.300 e. The van der Waals surface area contributed by atoms with Crippen LogP contribution in [0.4, 0.5) is 13.2 Å². The normalized spacial score (nSPS) is 11.8. The second kappa shape index (κ2) is 5.73. The van der Waals surface area contributed by atoms with Crippen molar-refractivity contribution in [2.45, 2.75) is 6.18 Å². The number of halogens is 3. The lowest BCUT2D eigenvalue weighted by molar-refractivity contribution is -0.137. The molecule has 2 heterocycles. The topological polar surface area (TPSA) is 30.7 Å². The van der Waals surface area contributed by atoms with Gasteiger partial charge in [-0.2, -0.15) is 13.2 Å². The molecule has 6 heteroatoms. The van der Waals surface area contributed by atoms with E-state index in [0.717, 1.165) is 28.6 Å². The second-order valence-electron chi connectivity index (χ2n) is 5.58. The van der Waals surface area contributed by atoms with Crippen molar-refractivity contribution in [3.8, 4) is 17.1 Å². The number of hydrogen-bond acceptors (Lipinski definition) is 2. The Morgan fingerprint density at radius 1 is 0.880 bits per heavy atom. The van der Waals surface area contributed by atoms with Gasteiger partial charge in [0.2, 0.25) is 0 Å². The predicted molar refractivity (Wildman–Crippen MR) is 89.3 cm³/mol. The molecular formula is C19H12F3N3. The third-order valence-electron chi connectivity index (χ3n) is 3.96. The zero-order valence-corrected chi connectivity index (χ0v) is 12.9. The zero-order chi connectivity index (χ0) is 17.4. The van der Waals surface area contributed by atoms with E-state index in [4.69, 9.17) is 0 Å². The molecule has 0 fully saturated rings. The number of nitrogens with zero attached hydrogens (tertiary/aromatic N) is 3. The van der Waals surface area contributed by atoms with Crippen LogP contribution in [0.3, 0.4) is 0 Å². The van der Waals surface area contributed by atoms with Crippen LogP contribution in [0.1, 0.15) is 5.56 Å². The van der Waals surface area contributed by atoms with E-state index < -0.39 is 11.7 Å². The number of pyridine rings is 1. The number of alkyl halides is 3. The summed E-state index contributed by atoms with van der Waals surface area (Å²) in [5.74, 6) is 0.623. The molecule has 3 nitrogen and oxygen atoms in total. The molecular weight excluding hydrogens is 327 g/mol. The van der Waals surface area contributed by atoms with Gasteiger partial charge < -0.3 is 0 Å². The van der Waals surface area contributed by atoms with Crippen LogP contribution in [0.5, 0.6) is 0 Å². The molecule has 4 rings (SSSR count). The number of aromatic nitrogens is 3. The van der Waals surface area contributed by atoms with Crippen molar-refractivity contribution in [1.82, 2.24) is 14.5 Å². The summed E-state index contributed by atoms with van der Waals surface area (Å²) in [4.78, 5) is 8.76. The van der Waals surface area contributed by atoms with Crippen LogP contribution < -0.4 is 0 Å². The molecule has 0 saturated carbocycles. The van der Waals surface area contributed by atoms with Crippen molar-refractivity contribution in [1.29, 1.82) is 0 Å². The zero-order valence-electron chi connectivity index (χ0n) is 12.9. The highest BCUT2D eigenvalue weighted by Crippen LogP contribution is 2.30. The molecule has 0 spiro atoms. The fraction of sp³-hybridized carbons (Fsp3) is 0.0526. The SMILES string of the molecule is FC(F)(F)c1ccc(-n2ccnc2-c2cnc3ccccc3c2)cc1. The minimum absolute atomic E-state index is 0.605. The fourth-order valence-corrected chi connectivity index (χ4v) is 2.73. The number of para-hydroxylation sites is 1. The van der Waals surface area contributed by atoms with Gasteiger partial charge in [0.05, 0.1) is 11.1 Å². The molecule has 0 aliphatic heterocycles. The van der Waals surface area contributed by atoms with E-state index in [0.29, 0.717) is 11.5 Å². The summed E-state index contributed by atoms with van der Waals surface area (Å²) in [6.45, 7) is 0. The van der Waals surface area contributed by atoms with Crippen molar-refractivity contribution in [3.05, 3.63) is 78.8 Å².